The molecule has 0 aromatic heterocycles. The van der Waals surface area contributed by atoms with Crippen molar-refractivity contribution in [2.75, 3.05) is 0 Å². The van der Waals surface area contributed by atoms with Gasteiger partial charge in [-0.15, -0.1) is 0 Å². The first-order valence-corrected chi connectivity index (χ1v) is 6.17. The summed E-state index contributed by atoms with van der Waals surface area (Å²) < 4.78 is 0. The van der Waals surface area contributed by atoms with Crippen molar-refractivity contribution in [3.05, 3.63) is 29.8 Å². The van der Waals surface area contributed by atoms with E-state index in [9.17, 15) is 5.11 Å². The van der Waals surface area contributed by atoms with Gasteiger partial charge in [0.1, 0.15) is 5.75 Å². The lowest BCUT2D eigenvalue weighted by molar-refractivity contribution is 0.266. The van der Waals surface area contributed by atoms with Gasteiger partial charge in [0.15, 0.2) is 0 Å². The summed E-state index contributed by atoms with van der Waals surface area (Å²) >= 11 is 0. The second-order valence-electron chi connectivity index (χ2n) is 5.93. The number of aryl methyl sites for hydroxylation is 1. The van der Waals surface area contributed by atoms with Crippen LogP contribution in [-0.2, 0) is 6.42 Å². The zero-order valence-electron chi connectivity index (χ0n) is 11.0. The lowest BCUT2D eigenvalue weighted by Crippen LogP contribution is -2.15. The molecule has 0 aliphatic rings. The molecule has 1 nitrogen and oxygen atoms in total. The summed E-state index contributed by atoms with van der Waals surface area (Å²) in [4.78, 5) is 0. The normalized spacial score (nSPS) is 12.1. The van der Waals surface area contributed by atoms with E-state index in [-0.39, 0.29) is 0 Å². The van der Waals surface area contributed by atoms with Crippen LogP contribution < -0.4 is 0 Å². The van der Waals surface area contributed by atoms with Crippen LogP contribution >= 0.6 is 0 Å². The number of phenolic OH excluding ortho intramolecular Hbond substituents is 1. The van der Waals surface area contributed by atoms with Gasteiger partial charge in [0.25, 0.3) is 0 Å². The van der Waals surface area contributed by atoms with Gasteiger partial charge in [-0.25, -0.2) is 0 Å². The van der Waals surface area contributed by atoms with E-state index in [1.807, 2.05) is 12.1 Å². The molecule has 0 heterocycles. The number of hydrogen-bond donors (Lipinski definition) is 1. The molecule has 90 valence electrons. The quantitative estimate of drug-likeness (QED) is 0.780. The third-order valence-corrected chi connectivity index (χ3v) is 2.99. The van der Waals surface area contributed by atoms with Crippen molar-refractivity contribution in [1.82, 2.24) is 0 Å². The van der Waals surface area contributed by atoms with Crippen LogP contribution in [0.25, 0.3) is 0 Å². The first kappa shape index (κ1) is 13.1. The third kappa shape index (κ3) is 4.69. The van der Waals surface area contributed by atoms with Crippen LogP contribution in [0.3, 0.4) is 0 Å². The predicted octanol–water partition coefficient (Wildman–Crippen LogP) is 4.40. The average Bonchev–Trinajstić information content (AvgIpc) is 2.15. The summed E-state index contributed by atoms with van der Waals surface area (Å²) in [5, 5.41) is 9.20. The van der Waals surface area contributed by atoms with Gasteiger partial charge in [-0.1, -0.05) is 39.8 Å². The molecule has 16 heavy (non-hydrogen) atoms. The molecule has 1 aromatic rings. The minimum Gasteiger partial charge on any atom is -0.508 e. The van der Waals surface area contributed by atoms with Crippen LogP contribution in [0.1, 0.15) is 46.1 Å². The Labute approximate surface area is 99.5 Å². The molecule has 1 heteroatoms. The summed E-state index contributed by atoms with van der Waals surface area (Å²) in [7, 11) is 0. The topological polar surface area (TPSA) is 20.2 Å². The Morgan fingerprint density at radius 3 is 2.19 bits per heavy atom. The number of phenols is 1. The number of hydrogen-bond acceptors (Lipinski definition) is 1. The summed E-state index contributed by atoms with van der Waals surface area (Å²) in [6, 6.07) is 7.57. The van der Waals surface area contributed by atoms with E-state index in [0.29, 0.717) is 11.2 Å². The molecule has 1 aromatic carbocycles. The molecule has 0 spiro atoms. The fourth-order valence-electron chi connectivity index (χ4n) is 2.35. The number of benzene rings is 1. The summed E-state index contributed by atoms with van der Waals surface area (Å²) in [6.07, 6.45) is 3.57. The van der Waals surface area contributed by atoms with Gasteiger partial charge < -0.3 is 5.11 Å². The van der Waals surface area contributed by atoms with Crippen LogP contribution in [0.5, 0.6) is 5.75 Å². The lowest BCUT2D eigenvalue weighted by atomic mass is 9.79. The van der Waals surface area contributed by atoms with Gasteiger partial charge in [-0.2, -0.15) is 0 Å². The average molecular weight is 220 g/mol. The van der Waals surface area contributed by atoms with Crippen molar-refractivity contribution in [2.24, 2.45) is 11.3 Å². The maximum atomic E-state index is 9.20. The van der Waals surface area contributed by atoms with E-state index < -0.39 is 0 Å². The minimum absolute atomic E-state index is 0.352. The van der Waals surface area contributed by atoms with Crippen LogP contribution in [0.15, 0.2) is 24.3 Å². The van der Waals surface area contributed by atoms with E-state index in [1.165, 1.54) is 18.4 Å². The molecule has 0 aliphatic heterocycles. The largest absolute Gasteiger partial charge is 0.508 e. The van der Waals surface area contributed by atoms with E-state index in [4.69, 9.17) is 0 Å². The zero-order chi connectivity index (χ0) is 12.2. The second kappa shape index (κ2) is 5.38. The SMILES string of the molecule is CC(C)CC(C)(C)CCc1ccc(O)cc1. The first-order chi connectivity index (χ1) is 7.39. The molecule has 0 radical (unpaired) electrons. The number of rotatable bonds is 5. The molecule has 0 aliphatic carbocycles. The fraction of sp³-hybridized carbons (Fsp3) is 0.600. The molecule has 0 saturated carbocycles. The van der Waals surface area contributed by atoms with Crippen LogP contribution in [0.2, 0.25) is 0 Å². The van der Waals surface area contributed by atoms with Gasteiger partial charge in [0.2, 0.25) is 0 Å². The van der Waals surface area contributed by atoms with Crippen LogP contribution in [0.4, 0.5) is 0 Å². The highest BCUT2D eigenvalue weighted by Gasteiger charge is 2.18. The predicted molar refractivity (Wildman–Crippen MR) is 69.7 cm³/mol. The second-order valence-corrected chi connectivity index (χ2v) is 5.93. The highest BCUT2D eigenvalue weighted by molar-refractivity contribution is 5.25. The molecular formula is C15H24O. The molecule has 0 fully saturated rings. The van der Waals surface area contributed by atoms with E-state index in [2.05, 4.69) is 27.7 Å². The number of aromatic hydroxyl groups is 1. The Bertz CT molecular complexity index is 309. The van der Waals surface area contributed by atoms with Gasteiger partial charge in [-0.3, -0.25) is 0 Å². The Kier molecular flexibility index (Phi) is 4.40. The van der Waals surface area contributed by atoms with Crippen molar-refractivity contribution in [3.63, 3.8) is 0 Å². The van der Waals surface area contributed by atoms with Gasteiger partial charge >= 0.3 is 0 Å². The lowest BCUT2D eigenvalue weighted by Gasteiger charge is -2.26. The van der Waals surface area contributed by atoms with E-state index in [1.54, 1.807) is 12.1 Å². The van der Waals surface area contributed by atoms with Gasteiger partial charge in [0, 0.05) is 0 Å². The Hall–Kier alpha value is -0.980. The molecule has 1 N–H and O–H groups in total. The smallest absolute Gasteiger partial charge is 0.115 e. The molecule has 0 saturated heterocycles. The summed E-state index contributed by atoms with van der Waals surface area (Å²) in [5.41, 5.74) is 1.72. The highest BCUT2D eigenvalue weighted by atomic mass is 16.3. The first-order valence-electron chi connectivity index (χ1n) is 6.17. The van der Waals surface area contributed by atoms with Crippen molar-refractivity contribution in [3.8, 4) is 5.75 Å². The maximum absolute atomic E-state index is 9.20. The van der Waals surface area contributed by atoms with Crippen molar-refractivity contribution in [1.29, 1.82) is 0 Å². The molecule has 0 unspecified atom stereocenters. The summed E-state index contributed by atoms with van der Waals surface area (Å²) in [5.74, 6) is 1.11. The molecular weight excluding hydrogens is 196 g/mol. The molecule has 0 atom stereocenters. The zero-order valence-corrected chi connectivity index (χ0v) is 11.0. The van der Waals surface area contributed by atoms with Gasteiger partial charge in [0.05, 0.1) is 0 Å². The van der Waals surface area contributed by atoms with Crippen molar-refractivity contribution >= 4 is 0 Å². The highest BCUT2D eigenvalue weighted by Crippen LogP contribution is 2.30. The Morgan fingerprint density at radius 1 is 1.12 bits per heavy atom. The van der Waals surface area contributed by atoms with E-state index >= 15 is 0 Å². The van der Waals surface area contributed by atoms with Crippen LogP contribution in [-0.4, -0.2) is 5.11 Å². The van der Waals surface area contributed by atoms with Crippen molar-refractivity contribution in [2.45, 2.75) is 47.0 Å². The monoisotopic (exact) mass is 220 g/mol. The third-order valence-electron chi connectivity index (χ3n) is 2.99. The van der Waals surface area contributed by atoms with Gasteiger partial charge in [-0.05, 0) is 48.3 Å². The maximum Gasteiger partial charge on any atom is 0.115 e. The Morgan fingerprint density at radius 2 is 1.69 bits per heavy atom. The minimum atomic E-state index is 0.352. The molecule has 0 amide bonds. The Balaban J connectivity index is 2.47. The van der Waals surface area contributed by atoms with Crippen molar-refractivity contribution < 1.29 is 5.11 Å². The van der Waals surface area contributed by atoms with E-state index in [0.717, 1.165) is 12.3 Å². The summed E-state index contributed by atoms with van der Waals surface area (Å²) in [6.45, 7) is 9.24. The van der Waals surface area contributed by atoms with Crippen LogP contribution in [0, 0.1) is 11.3 Å². The fourth-order valence-corrected chi connectivity index (χ4v) is 2.35. The molecule has 1 rings (SSSR count). The standard InChI is InChI=1S/C15H24O/c1-12(2)11-15(3,4)10-9-13-5-7-14(16)8-6-13/h5-8,12,16H,9-11H2,1-4H3. The molecule has 0 bridgehead atoms.